The first-order valence-corrected chi connectivity index (χ1v) is 8.42. The van der Waals surface area contributed by atoms with E-state index in [1.54, 1.807) is 4.31 Å². The molecule has 1 fully saturated rings. The van der Waals surface area contributed by atoms with Crippen LogP contribution in [0, 0.1) is 0 Å². The molecule has 0 spiro atoms. The first-order chi connectivity index (χ1) is 9.13. The average molecular weight is 282 g/mol. The van der Waals surface area contributed by atoms with Gasteiger partial charge < -0.3 is 5.32 Å². The lowest BCUT2D eigenvalue weighted by atomic mass is 10.1. The van der Waals surface area contributed by atoms with Crippen molar-refractivity contribution in [3.63, 3.8) is 0 Å². The zero-order chi connectivity index (χ0) is 13.7. The highest BCUT2D eigenvalue weighted by atomic mass is 32.2. The summed E-state index contributed by atoms with van der Waals surface area (Å²) in [5.74, 6) is 0.105. The molecule has 0 amide bonds. The molecule has 1 saturated heterocycles. The van der Waals surface area contributed by atoms with E-state index < -0.39 is 10.0 Å². The van der Waals surface area contributed by atoms with Gasteiger partial charge in [-0.2, -0.15) is 4.31 Å². The second-order valence-corrected chi connectivity index (χ2v) is 6.98. The molecule has 1 aliphatic heterocycles. The normalized spacial score (nSPS) is 21.4. The Labute approximate surface area is 115 Å². The summed E-state index contributed by atoms with van der Waals surface area (Å²) in [7, 11) is -1.34. The van der Waals surface area contributed by atoms with Gasteiger partial charge in [0.2, 0.25) is 10.0 Å². The van der Waals surface area contributed by atoms with Gasteiger partial charge in [-0.1, -0.05) is 36.8 Å². The lowest BCUT2D eigenvalue weighted by Crippen LogP contribution is -2.48. The molecule has 1 aromatic carbocycles. The number of nitrogens with zero attached hydrogens (tertiary/aromatic N) is 1. The maximum absolute atomic E-state index is 12.5. The molecular formula is C14H22N2O2S. The fraction of sp³-hybridized carbons (Fsp3) is 0.571. The number of piperidine rings is 1. The number of likely N-dealkylation sites (N-methyl/N-ethyl adjacent to an activating group) is 1. The molecule has 1 aliphatic rings. The minimum Gasteiger partial charge on any atom is -0.318 e. The number of rotatable bonds is 5. The Kier molecular flexibility index (Phi) is 4.96. The van der Waals surface area contributed by atoms with E-state index in [0.717, 1.165) is 31.4 Å². The summed E-state index contributed by atoms with van der Waals surface area (Å²) < 4.78 is 26.8. The Morgan fingerprint density at radius 1 is 1.26 bits per heavy atom. The summed E-state index contributed by atoms with van der Waals surface area (Å²) in [6.45, 7) is 1.38. The Morgan fingerprint density at radius 2 is 2.00 bits per heavy atom. The third kappa shape index (κ3) is 3.78. The summed E-state index contributed by atoms with van der Waals surface area (Å²) in [5, 5.41) is 3.10. The van der Waals surface area contributed by atoms with E-state index in [4.69, 9.17) is 0 Å². The van der Waals surface area contributed by atoms with Crippen molar-refractivity contribution in [2.24, 2.45) is 0 Å². The number of sulfonamides is 1. The van der Waals surface area contributed by atoms with Gasteiger partial charge in [-0.3, -0.25) is 0 Å². The van der Waals surface area contributed by atoms with E-state index in [9.17, 15) is 8.42 Å². The van der Waals surface area contributed by atoms with Crippen molar-refractivity contribution in [1.29, 1.82) is 0 Å². The van der Waals surface area contributed by atoms with Crippen molar-refractivity contribution in [3.05, 3.63) is 35.9 Å². The smallest absolute Gasteiger partial charge is 0.218 e. The molecule has 4 nitrogen and oxygen atoms in total. The molecule has 1 unspecified atom stereocenters. The van der Waals surface area contributed by atoms with Gasteiger partial charge in [0.15, 0.2) is 0 Å². The molecule has 1 atom stereocenters. The fourth-order valence-electron chi connectivity index (χ4n) is 2.65. The highest BCUT2D eigenvalue weighted by molar-refractivity contribution is 7.88. The molecule has 0 aromatic heterocycles. The molecule has 2 rings (SSSR count). The second kappa shape index (κ2) is 6.50. The van der Waals surface area contributed by atoms with Crippen molar-refractivity contribution in [3.8, 4) is 0 Å². The number of benzene rings is 1. The molecule has 0 saturated carbocycles. The van der Waals surface area contributed by atoms with Gasteiger partial charge in [0.1, 0.15) is 0 Å². The monoisotopic (exact) mass is 282 g/mol. The zero-order valence-electron chi connectivity index (χ0n) is 11.4. The molecule has 1 N–H and O–H groups in total. The first kappa shape index (κ1) is 14.5. The van der Waals surface area contributed by atoms with Crippen LogP contribution in [0.2, 0.25) is 0 Å². The Balaban J connectivity index is 2.13. The van der Waals surface area contributed by atoms with E-state index in [-0.39, 0.29) is 11.8 Å². The number of hydrogen-bond acceptors (Lipinski definition) is 3. The van der Waals surface area contributed by atoms with E-state index in [1.807, 2.05) is 37.4 Å². The van der Waals surface area contributed by atoms with Crippen LogP contribution in [0.4, 0.5) is 0 Å². The topological polar surface area (TPSA) is 49.4 Å². The quantitative estimate of drug-likeness (QED) is 0.892. The van der Waals surface area contributed by atoms with Gasteiger partial charge in [0.05, 0.1) is 5.75 Å². The largest absolute Gasteiger partial charge is 0.318 e. The average Bonchev–Trinajstić information content (AvgIpc) is 2.40. The molecular weight excluding hydrogens is 260 g/mol. The van der Waals surface area contributed by atoms with Crippen LogP contribution in [-0.2, 0) is 15.8 Å². The summed E-state index contributed by atoms with van der Waals surface area (Å²) in [4.78, 5) is 0. The highest BCUT2D eigenvalue weighted by Crippen LogP contribution is 2.22. The highest BCUT2D eigenvalue weighted by Gasteiger charge is 2.31. The summed E-state index contributed by atoms with van der Waals surface area (Å²) >= 11 is 0. The second-order valence-electron chi connectivity index (χ2n) is 5.06. The van der Waals surface area contributed by atoms with Crippen molar-refractivity contribution in [2.75, 3.05) is 20.1 Å². The number of nitrogens with one attached hydrogen (secondary N) is 1. The first-order valence-electron chi connectivity index (χ1n) is 6.81. The predicted octanol–water partition coefficient (Wildman–Crippen LogP) is 1.59. The Morgan fingerprint density at radius 3 is 2.68 bits per heavy atom. The molecule has 1 heterocycles. The van der Waals surface area contributed by atoms with Crippen LogP contribution in [0.5, 0.6) is 0 Å². The number of hydrogen-bond donors (Lipinski definition) is 1. The summed E-state index contributed by atoms with van der Waals surface area (Å²) in [5.41, 5.74) is 0.858. The standard InChI is InChI=1S/C14H22N2O2S/c1-15-11-14-9-5-6-10-16(14)19(17,18)12-13-7-3-2-4-8-13/h2-4,7-8,14-15H,5-6,9-12H2,1H3. The third-order valence-corrected chi connectivity index (χ3v) is 5.46. The van der Waals surface area contributed by atoms with E-state index in [2.05, 4.69) is 5.32 Å². The molecule has 106 valence electrons. The van der Waals surface area contributed by atoms with Crippen LogP contribution >= 0.6 is 0 Å². The summed E-state index contributed by atoms with van der Waals surface area (Å²) in [6.07, 6.45) is 3.03. The van der Waals surface area contributed by atoms with Gasteiger partial charge in [-0.05, 0) is 25.5 Å². The lowest BCUT2D eigenvalue weighted by molar-refractivity contribution is 0.248. The maximum Gasteiger partial charge on any atom is 0.218 e. The van der Waals surface area contributed by atoms with Gasteiger partial charge in [-0.15, -0.1) is 0 Å². The van der Waals surface area contributed by atoms with Crippen LogP contribution in [0.15, 0.2) is 30.3 Å². The van der Waals surface area contributed by atoms with Gasteiger partial charge >= 0.3 is 0 Å². The van der Waals surface area contributed by atoms with E-state index in [0.29, 0.717) is 6.54 Å². The van der Waals surface area contributed by atoms with E-state index >= 15 is 0 Å². The zero-order valence-corrected chi connectivity index (χ0v) is 12.2. The van der Waals surface area contributed by atoms with Gasteiger partial charge in [0, 0.05) is 19.1 Å². The molecule has 0 bridgehead atoms. The fourth-order valence-corrected chi connectivity index (χ4v) is 4.47. The summed E-state index contributed by atoms with van der Waals surface area (Å²) in [6, 6.07) is 9.51. The molecule has 0 radical (unpaired) electrons. The van der Waals surface area contributed by atoms with Crippen LogP contribution in [-0.4, -0.2) is 38.9 Å². The molecule has 19 heavy (non-hydrogen) atoms. The Bertz CT molecular complexity index is 485. The van der Waals surface area contributed by atoms with Gasteiger partial charge in [-0.25, -0.2) is 8.42 Å². The third-order valence-electron chi connectivity index (χ3n) is 3.56. The van der Waals surface area contributed by atoms with Crippen LogP contribution in [0.3, 0.4) is 0 Å². The SMILES string of the molecule is CNCC1CCCCN1S(=O)(=O)Cc1ccccc1. The lowest BCUT2D eigenvalue weighted by Gasteiger charge is -2.34. The minimum absolute atomic E-state index is 0.104. The maximum atomic E-state index is 12.5. The minimum atomic E-state index is -3.21. The molecule has 1 aromatic rings. The van der Waals surface area contributed by atoms with Crippen molar-refractivity contribution in [1.82, 2.24) is 9.62 Å². The van der Waals surface area contributed by atoms with E-state index in [1.165, 1.54) is 0 Å². The Hall–Kier alpha value is -0.910. The van der Waals surface area contributed by atoms with Crippen molar-refractivity contribution >= 4 is 10.0 Å². The van der Waals surface area contributed by atoms with Crippen molar-refractivity contribution < 1.29 is 8.42 Å². The van der Waals surface area contributed by atoms with Crippen molar-refractivity contribution in [2.45, 2.75) is 31.1 Å². The van der Waals surface area contributed by atoms with Crippen LogP contribution in [0.25, 0.3) is 0 Å². The van der Waals surface area contributed by atoms with Gasteiger partial charge in [0.25, 0.3) is 0 Å². The molecule has 0 aliphatic carbocycles. The molecule has 5 heteroatoms. The predicted molar refractivity (Wildman–Crippen MR) is 77.3 cm³/mol. The van der Waals surface area contributed by atoms with Crippen LogP contribution in [0.1, 0.15) is 24.8 Å². The van der Waals surface area contributed by atoms with Crippen LogP contribution < -0.4 is 5.32 Å².